The van der Waals surface area contributed by atoms with Crippen LogP contribution in [0.5, 0.6) is 0 Å². The molecule has 1 saturated heterocycles. The fourth-order valence-electron chi connectivity index (χ4n) is 4.15. The predicted molar refractivity (Wildman–Crippen MR) is 123 cm³/mol. The van der Waals surface area contributed by atoms with E-state index in [-0.39, 0.29) is 11.8 Å². The number of pyridine rings is 1. The number of anilines is 1. The molecule has 1 fully saturated rings. The van der Waals surface area contributed by atoms with E-state index in [0.717, 1.165) is 36.1 Å². The van der Waals surface area contributed by atoms with E-state index < -0.39 is 12.0 Å². The first-order valence-corrected chi connectivity index (χ1v) is 10.9. The first kappa shape index (κ1) is 22.0. The van der Waals surface area contributed by atoms with Gasteiger partial charge in [-0.05, 0) is 29.8 Å². The zero-order chi connectivity index (χ0) is 22.7. The van der Waals surface area contributed by atoms with Gasteiger partial charge in [-0.25, -0.2) is 0 Å². The van der Waals surface area contributed by atoms with Crippen molar-refractivity contribution in [1.82, 2.24) is 19.8 Å². The van der Waals surface area contributed by atoms with Gasteiger partial charge in [-0.2, -0.15) is 0 Å². The predicted octanol–water partition coefficient (Wildman–Crippen LogP) is 3.10. The number of aromatic nitrogens is 2. The third kappa shape index (κ3) is 4.81. The first-order valence-electron chi connectivity index (χ1n) is 10.9. The zero-order valence-corrected chi connectivity index (χ0v) is 18.4. The summed E-state index contributed by atoms with van der Waals surface area (Å²) in [6.45, 7) is 7.49. The summed E-state index contributed by atoms with van der Waals surface area (Å²) in [4.78, 5) is 35.9. The van der Waals surface area contributed by atoms with E-state index in [0.29, 0.717) is 18.8 Å². The normalized spacial score (nSPS) is 16.3. The van der Waals surface area contributed by atoms with Gasteiger partial charge in [0.25, 0.3) is 0 Å². The lowest BCUT2D eigenvalue weighted by Crippen LogP contribution is -2.48. The number of piperazine rings is 1. The monoisotopic (exact) mass is 435 g/mol. The van der Waals surface area contributed by atoms with Crippen molar-refractivity contribution in [3.63, 3.8) is 0 Å². The number of carboxylic acids is 1. The third-order valence-corrected chi connectivity index (χ3v) is 5.96. The number of H-pyrrole nitrogens is 1. The van der Waals surface area contributed by atoms with Crippen LogP contribution in [0.15, 0.2) is 48.9 Å². The standard InChI is InChI=1S/C24H29N5O3/c1-16(2)23(30)27-18-3-4-19-20(14-26-21(19)13-18)22(24(31)32)29-11-9-28(10-12-29)15-17-5-7-25-8-6-17/h3-8,13-14,16,22,26H,9-12,15H2,1-2H3,(H,27,30)(H,31,32). The molecule has 0 aliphatic carbocycles. The van der Waals surface area contributed by atoms with Crippen LogP contribution in [0, 0.1) is 5.92 Å². The van der Waals surface area contributed by atoms with Crippen LogP contribution < -0.4 is 5.32 Å². The van der Waals surface area contributed by atoms with E-state index in [4.69, 9.17) is 0 Å². The number of nitrogens with one attached hydrogen (secondary N) is 2. The number of carbonyl (C=O) groups excluding carboxylic acids is 1. The number of benzene rings is 1. The minimum atomic E-state index is -0.856. The molecule has 2 aromatic heterocycles. The average molecular weight is 436 g/mol. The van der Waals surface area contributed by atoms with Gasteiger partial charge in [-0.3, -0.25) is 24.4 Å². The molecule has 3 N–H and O–H groups in total. The van der Waals surface area contributed by atoms with E-state index >= 15 is 0 Å². The first-order chi connectivity index (χ1) is 15.4. The Bertz CT molecular complexity index is 1090. The molecule has 0 spiro atoms. The van der Waals surface area contributed by atoms with Crippen LogP contribution in [0.25, 0.3) is 10.9 Å². The summed E-state index contributed by atoms with van der Waals surface area (Å²) in [6, 6.07) is 8.86. The molecule has 8 nitrogen and oxygen atoms in total. The fourth-order valence-corrected chi connectivity index (χ4v) is 4.15. The van der Waals surface area contributed by atoms with Gasteiger partial charge < -0.3 is 15.4 Å². The Hall–Kier alpha value is -3.23. The number of carbonyl (C=O) groups is 2. The molecule has 1 aliphatic rings. The summed E-state index contributed by atoms with van der Waals surface area (Å²) >= 11 is 0. The van der Waals surface area contributed by atoms with Crippen molar-refractivity contribution in [3.8, 4) is 0 Å². The number of carboxylic acid groups (broad SMARTS) is 1. The van der Waals surface area contributed by atoms with Crippen LogP contribution in [0.3, 0.4) is 0 Å². The van der Waals surface area contributed by atoms with Crippen LogP contribution in [0.1, 0.15) is 31.0 Å². The van der Waals surface area contributed by atoms with Gasteiger partial charge in [0, 0.05) is 79.4 Å². The second kappa shape index (κ2) is 9.50. The van der Waals surface area contributed by atoms with Crippen molar-refractivity contribution in [1.29, 1.82) is 0 Å². The molecule has 0 radical (unpaired) electrons. The van der Waals surface area contributed by atoms with Gasteiger partial charge >= 0.3 is 5.97 Å². The van der Waals surface area contributed by atoms with E-state index in [1.165, 1.54) is 5.56 Å². The minimum absolute atomic E-state index is 0.0517. The molecule has 0 saturated carbocycles. The molecule has 32 heavy (non-hydrogen) atoms. The molecule has 1 amide bonds. The maximum Gasteiger partial charge on any atom is 0.325 e. The second-order valence-electron chi connectivity index (χ2n) is 8.56. The van der Waals surface area contributed by atoms with Crippen molar-refractivity contribution in [2.75, 3.05) is 31.5 Å². The van der Waals surface area contributed by atoms with Crippen LogP contribution in [0.4, 0.5) is 5.69 Å². The number of hydrogen-bond acceptors (Lipinski definition) is 5. The summed E-state index contributed by atoms with van der Waals surface area (Å²) in [5, 5.41) is 13.8. The van der Waals surface area contributed by atoms with Gasteiger partial charge in [0.1, 0.15) is 6.04 Å². The van der Waals surface area contributed by atoms with Crippen LogP contribution in [-0.4, -0.2) is 62.9 Å². The summed E-state index contributed by atoms with van der Waals surface area (Å²) in [5.74, 6) is -1.02. The summed E-state index contributed by atoms with van der Waals surface area (Å²) in [6.07, 6.45) is 5.37. The number of aliphatic carboxylic acids is 1. The second-order valence-corrected chi connectivity index (χ2v) is 8.56. The summed E-state index contributed by atoms with van der Waals surface area (Å²) in [5.41, 5.74) is 3.46. The quantitative estimate of drug-likeness (QED) is 0.527. The van der Waals surface area contributed by atoms with Crippen molar-refractivity contribution in [2.45, 2.75) is 26.4 Å². The third-order valence-electron chi connectivity index (χ3n) is 5.96. The number of rotatable bonds is 7. The van der Waals surface area contributed by atoms with Gasteiger partial charge in [0.2, 0.25) is 5.91 Å². The maximum atomic E-state index is 12.3. The Morgan fingerprint density at radius 2 is 1.84 bits per heavy atom. The molecule has 1 aromatic carbocycles. The van der Waals surface area contributed by atoms with Crippen molar-refractivity contribution in [3.05, 3.63) is 60.0 Å². The minimum Gasteiger partial charge on any atom is -0.480 e. The smallest absolute Gasteiger partial charge is 0.325 e. The Labute approximate surface area is 187 Å². The molecule has 4 rings (SSSR count). The van der Waals surface area contributed by atoms with Gasteiger partial charge in [-0.15, -0.1) is 0 Å². The Morgan fingerprint density at radius 1 is 1.12 bits per heavy atom. The number of hydrogen-bond donors (Lipinski definition) is 3. The maximum absolute atomic E-state index is 12.3. The highest BCUT2D eigenvalue weighted by molar-refractivity contribution is 5.96. The van der Waals surface area contributed by atoms with Gasteiger partial charge in [-0.1, -0.05) is 19.9 Å². The van der Waals surface area contributed by atoms with Gasteiger partial charge in [0.15, 0.2) is 0 Å². The number of nitrogens with zero attached hydrogens (tertiary/aromatic N) is 3. The Kier molecular flexibility index (Phi) is 6.53. The number of fused-ring (bicyclic) bond motifs is 1. The Balaban J connectivity index is 1.48. The number of aromatic amines is 1. The van der Waals surface area contributed by atoms with Crippen molar-refractivity contribution >= 4 is 28.5 Å². The van der Waals surface area contributed by atoms with E-state index in [9.17, 15) is 14.7 Å². The lowest BCUT2D eigenvalue weighted by Gasteiger charge is -2.37. The lowest BCUT2D eigenvalue weighted by molar-refractivity contribution is -0.144. The summed E-state index contributed by atoms with van der Waals surface area (Å²) in [7, 11) is 0. The molecule has 8 heteroatoms. The van der Waals surface area contributed by atoms with Crippen LogP contribution >= 0.6 is 0 Å². The highest BCUT2D eigenvalue weighted by Gasteiger charge is 2.32. The van der Waals surface area contributed by atoms with E-state index in [2.05, 4.69) is 20.2 Å². The largest absolute Gasteiger partial charge is 0.480 e. The van der Waals surface area contributed by atoms with Gasteiger partial charge in [0.05, 0.1) is 0 Å². The molecule has 1 aliphatic heterocycles. The highest BCUT2D eigenvalue weighted by atomic mass is 16.4. The molecule has 168 valence electrons. The topological polar surface area (TPSA) is 102 Å². The average Bonchev–Trinajstić information content (AvgIpc) is 3.18. The summed E-state index contributed by atoms with van der Waals surface area (Å²) < 4.78 is 0. The zero-order valence-electron chi connectivity index (χ0n) is 18.4. The SMILES string of the molecule is CC(C)C(=O)Nc1ccc2c(C(C(=O)O)N3CCN(Cc4ccncc4)CC3)c[nH]c2c1. The van der Waals surface area contributed by atoms with Crippen molar-refractivity contribution < 1.29 is 14.7 Å². The molecule has 1 atom stereocenters. The van der Waals surface area contributed by atoms with Crippen molar-refractivity contribution in [2.24, 2.45) is 5.92 Å². The lowest BCUT2D eigenvalue weighted by atomic mass is 10.0. The molecular weight excluding hydrogens is 406 g/mol. The van der Waals surface area contributed by atoms with Crippen LogP contribution in [0.2, 0.25) is 0 Å². The van der Waals surface area contributed by atoms with Crippen LogP contribution in [-0.2, 0) is 16.1 Å². The van der Waals surface area contributed by atoms with E-state index in [1.807, 2.05) is 49.1 Å². The molecule has 1 unspecified atom stereocenters. The molecule has 0 bridgehead atoms. The number of amides is 1. The molecular formula is C24H29N5O3. The fraction of sp³-hybridized carbons (Fsp3) is 0.375. The molecule has 3 aromatic rings. The van der Waals surface area contributed by atoms with E-state index in [1.54, 1.807) is 18.6 Å². The molecule has 3 heterocycles. The highest BCUT2D eigenvalue weighted by Crippen LogP contribution is 2.31. The Morgan fingerprint density at radius 3 is 2.50 bits per heavy atom.